The molecule has 7 nitrogen and oxygen atoms in total. The van der Waals surface area contributed by atoms with Crippen LogP contribution >= 0.6 is 0 Å². The molecule has 0 aliphatic carbocycles. The Labute approximate surface area is 132 Å². The maximum atomic E-state index is 12.2. The first-order valence-electron chi connectivity index (χ1n) is 7.78. The molecule has 0 aliphatic rings. The fourth-order valence-electron chi connectivity index (χ4n) is 1.87. The zero-order chi connectivity index (χ0) is 17.3. The van der Waals surface area contributed by atoms with E-state index in [9.17, 15) is 14.7 Å². The second kappa shape index (κ2) is 10.5. The largest absolute Gasteiger partial charge is 0.480 e. The average Bonchev–Trinajstić information content (AvgIpc) is 2.44. The highest BCUT2D eigenvalue weighted by atomic mass is 16.7. The maximum absolute atomic E-state index is 12.2. The molecule has 0 aromatic carbocycles. The van der Waals surface area contributed by atoms with Crippen LogP contribution < -0.4 is 5.73 Å². The number of nitrogens with zero attached hydrogens (tertiary/aromatic N) is 1. The molecule has 0 saturated carbocycles. The van der Waals surface area contributed by atoms with E-state index in [1.165, 1.54) is 0 Å². The molecule has 3 atom stereocenters. The third-order valence-corrected chi connectivity index (χ3v) is 3.58. The van der Waals surface area contributed by atoms with E-state index < -0.39 is 17.9 Å². The molecule has 0 spiro atoms. The van der Waals surface area contributed by atoms with Crippen molar-refractivity contribution in [1.29, 1.82) is 0 Å². The van der Waals surface area contributed by atoms with Crippen LogP contribution in [0.4, 0.5) is 0 Å². The predicted octanol–water partition coefficient (Wildman–Crippen LogP) is 1.00. The predicted molar refractivity (Wildman–Crippen MR) is 82.8 cm³/mol. The number of hydrogen-bond donors (Lipinski definition) is 3. The summed E-state index contributed by atoms with van der Waals surface area (Å²) in [5.74, 6) is -1.34. The number of hydrogen-bond acceptors (Lipinski definition) is 5. The topological polar surface area (TPSA) is 113 Å². The van der Waals surface area contributed by atoms with E-state index >= 15 is 0 Å². The fraction of sp³-hybridized carbons (Fsp3) is 0.867. The summed E-state index contributed by atoms with van der Waals surface area (Å²) >= 11 is 0. The molecule has 7 heteroatoms. The molecular formula is C15H30N2O5. The van der Waals surface area contributed by atoms with Gasteiger partial charge in [0.25, 0.3) is 0 Å². The van der Waals surface area contributed by atoms with Crippen LogP contribution in [-0.2, 0) is 14.4 Å². The lowest BCUT2D eigenvalue weighted by Gasteiger charge is -2.30. The van der Waals surface area contributed by atoms with Gasteiger partial charge in [-0.1, -0.05) is 34.1 Å². The van der Waals surface area contributed by atoms with E-state index in [0.717, 1.165) is 11.5 Å². The zero-order valence-corrected chi connectivity index (χ0v) is 14.0. The molecule has 0 aromatic rings. The molecule has 0 aliphatic heterocycles. The standard InChI is InChI=1S/C15H30N2O5/c1-5-11(4)12(16)9-22-17(14(19)8-10(2)3)13(6-7-18)15(20)21/h10-13,18H,5-9,16H2,1-4H3,(H,20,21)/t11-,12?,13-/m0/s1. The number of aliphatic hydroxyl groups is 1. The molecule has 130 valence electrons. The van der Waals surface area contributed by atoms with E-state index in [4.69, 9.17) is 15.7 Å². The van der Waals surface area contributed by atoms with Crippen LogP contribution in [0.3, 0.4) is 0 Å². The minimum absolute atomic E-state index is 0.0635. The summed E-state index contributed by atoms with van der Waals surface area (Å²) in [6.07, 6.45) is 0.953. The molecule has 1 amide bonds. The van der Waals surface area contributed by atoms with Gasteiger partial charge in [0.1, 0.15) is 0 Å². The number of aliphatic hydroxyl groups excluding tert-OH is 1. The Balaban J connectivity index is 4.99. The molecule has 0 aromatic heterocycles. The highest BCUT2D eigenvalue weighted by Crippen LogP contribution is 2.14. The molecule has 0 fully saturated rings. The van der Waals surface area contributed by atoms with Crippen LogP contribution in [0, 0.1) is 11.8 Å². The molecule has 0 heterocycles. The van der Waals surface area contributed by atoms with Crippen molar-refractivity contribution in [2.24, 2.45) is 17.6 Å². The number of hydroxylamine groups is 2. The summed E-state index contributed by atoms with van der Waals surface area (Å²) < 4.78 is 0. The highest BCUT2D eigenvalue weighted by molar-refractivity contribution is 5.82. The SMILES string of the molecule is CC[C@H](C)C(N)CON(C(=O)CC(C)C)[C@@H](CCO)C(=O)O. The summed E-state index contributed by atoms with van der Waals surface area (Å²) in [5, 5.41) is 19.2. The van der Waals surface area contributed by atoms with Gasteiger partial charge in [0.05, 0.1) is 6.61 Å². The number of carbonyl (C=O) groups excluding carboxylic acids is 1. The fourth-order valence-corrected chi connectivity index (χ4v) is 1.87. The van der Waals surface area contributed by atoms with Gasteiger partial charge in [-0.15, -0.1) is 0 Å². The van der Waals surface area contributed by atoms with Crippen molar-refractivity contribution in [2.75, 3.05) is 13.2 Å². The van der Waals surface area contributed by atoms with Crippen molar-refractivity contribution >= 4 is 11.9 Å². The Morgan fingerprint density at radius 2 is 1.86 bits per heavy atom. The number of carbonyl (C=O) groups is 2. The third-order valence-electron chi connectivity index (χ3n) is 3.58. The van der Waals surface area contributed by atoms with Crippen molar-refractivity contribution in [3.05, 3.63) is 0 Å². The van der Waals surface area contributed by atoms with Gasteiger partial charge in [-0.05, 0) is 11.8 Å². The Bertz CT molecular complexity index is 349. The van der Waals surface area contributed by atoms with Gasteiger partial charge >= 0.3 is 5.97 Å². The third kappa shape index (κ3) is 7.20. The summed E-state index contributed by atoms with van der Waals surface area (Å²) in [7, 11) is 0. The van der Waals surface area contributed by atoms with Gasteiger partial charge in [-0.25, -0.2) is 9.86 Å². The van der Waals surface area contributed by atoms with E-state index in [0.29, 0.717) is 0 Å². The van der Waals surface area contributed by atoms with Crippen molar-refractivity contribution in [2.45, 2.75) is 59.0 Å². The lowest BCUT2D eigenvalue weighted by atomic mass is 10.0. The first-order valence-corrected chi connectivity index (χ1v) is 7.78. The first kappa shape index (κ1) is 20.8. The molecule has 0 radical (unpaired) electrons. The summed E-state index contributed by atoms with van der Waals surface area (Å²) in [6.45, 7) is 7.41. The van der Waals surface area contributed by atoms with Crippen LogP contribution in [0.2, 0.25) is 0 Å². The molecule has 0 bridgehead atoms. The lowest BCUT2D eigenvalue weighted by molar-refractivity contribution is -0.211. The van der Waals surface area contributed by atoms with Gasteiger partial charge in [-0.3, -0.25) is 9.63 Å². The number of amides is 1. The Morgan fingerprint density at radius 1 is 1.27 bits per heavy atom. The van der Waals surface area contributed by atoms with Crippen molar-refractivity contribution < 1.29 is 24.6 Å². The van der Waals surface area contributed by atoms with E-state index in [2.05, 4.69) is 0 Å². The Morgan fingerprint density at radius 3 is 2.27 bits per heavy atom. The molecule has 4 N–H and O–H groups in total. The number of carboxylic acids is 1. The van der Waals surface area contributed by atoms with Crippen LogP contribution in [0.25, 0.3) is 0 Å². The quantitative estimate of drug-likeness (QED) is 0.490. The van der Waals surface area contributed by atoms with Crippen LogP contribution in [0.5, 0.6) is 0 Å². The molecule has 0 saturated heterocycles. The van der Waals surface area contributed by atoms with Crippen LogP contribution in [0.15, 0.2) is 0 Å². The van der Waals surface area contributed by atoms with E-state index in [1.54, 1.807) is 0 Å². The zero-order valence-electron chi connectivity index (χ0n) is 14.0. The minimum Gasteiger partial charge on any atom is -0.480 e. The second-order valence-corrected chi connectivity index (χ2v) is 6.03. The van der Waals surface area contributed by atoms with Crippen molar-refractivity contribution in [3.8, 4) is 0 Å². The molecule has 22 heavy (non-hydrogen) atoms. The highest BCUT2D eigenvalue weighted by Gasteiger charge is 2.31. The normalized spacial score (nSPS) is 15.4. The lowest BCUT2D eigenvalue weighted by Crippen LogP contribution is -2.48. The van der Waals surface area contributed by atoms with E-state index in [1.807, 2.05) is 27.7 Å². The number of carboxylic acid groups (broad SMARTS) is 1. The Hall–Kier alpha value is -1.18. The Kier molecular flexibility index (Phi) is 9.97. The van der Waals surface area contributed by atoms with Gasteiger partial charge < -0.3 is 15.9 Å². The van der Waals surface area contributed by atoms with Crippen LogP contribution in [0.1, 0.15) is 47.0 Å². The van der Waals surface area contributed by atoms with Gasteiger partial charge in [0.15, 0.2) is 6.04 Å². The van der Waals surface area contributed by atoms with Crippen LogP contribution in [-0.4, -0.2) is 52.5 Å². The van der Waals surface area contributed by atoms with E-state index in [-0.39, 0.29) is 43.9 Å². The minimum atomic E-state index is -1.21. The van der Waals surface area contributed by atoms with Gasteiger partial charge in [-0.2, -0.15) is 0 Å². The second-order valence-electron chi connectivity index (χ2n) is 6.03. The number of nitrogens with two attached hydrogens (primary N) is 1. The average molecular weight is 318 g/mol. The van der Waals surface area contributed by atoms with Gasteiger partial charge in [0, 0.05) is 25.5 Å². The van der Waals surface area contributed by atoms with Gasteiger partial charge in [0.2, 0.25) is 5.91 Å². The maximum Gasteiger partial charge on any atom is 0.329 e. The summed E-state index contributed by atoms with van der Waals surface area (Å²) in [6, 6.07) is -1.50. The molecule has 1 unspecified atom stereocenters. The van der Waals surface area contributed by atoms with Crippen molar-refractivity contribution in [3.63, 3.8) is 0 Å². The number of rotatable bonds is 11. The monoisotopic (exact) mass is 318 g/mol. The summed E-state index contributed by atoms with van der Waals surface area (Å²) in [5.41, 5.74) is 5.97. The first-order chi connectivity index (χ1) is 10.2. The molecular weight excluding hydrogens is 288 g/mol. The number of aliphatic carboxylic acids is 1. The van der Waals surface area contributed by atoms with Crippen molar-refractivity contribution in [1.82, 2.24) is 5.06 Å². The smallest absolute Gasteiger partial charge is 0.329 e. The molecule has 0 rings (SSSR count). The summed E-state index contributed by atoms with van der Waals surface area (Å²) in [4.78, 5) is 29.0.